The molecule has 6 nitrogen and oxygen atoms in total. The number of hydrogen-bond donors (Lipinski definition) is 1. The van der Waals surface area contributed by atoms with E-state index in [0.29, 0.717) is 24.5 Å². The molecule has 1 amide bonds. The van der Waals surface area contributed by atoms with Crippen molar-refractivity contribution >= 4 is 33.9 Å². The van der Waals surface area contributed by atoms with Crippen LogP contribution in [0, 0.1) is 0 Å². The summed E-state index contributed by atoms with van der Waals surface area (Å²) in [6.07, 6.45) is 1.56. The molecule has 35 heavy (non-hydrogen) atoms. The summed E-state index contributed by atoms with van der Waals surface area (Å²) < 4.78 is 17.2. The predicted octanol–water partition coefficient (Wildman–Crippen LogP) is 6.33. The number of nitrogens with zero attached hydrogens (tertiary/aromatic N) is 1. The third-order valence-corrected chi connectivity index (χ3v) is 5.52. The fourth-order valence-corrected chi connectivity index (χ4v) is 3.81. The molecule has 0 radical (unpaired) electrons. The summed E-state index contributed by atoms with van der Waals surface area (Å²) in [7, 11) is 0. The predicted molar refractivity (Wildman–Crippen MR) is 137 cm³/mol. The maximum absolute atomic E-state index is 12.5. The molecule has 0 aliphatic heterocycles. The highest BCUT2D eigenvalue weighted by molar-refractivity contribution is 5.97. The molecule has 0 aliphatic rings. The number of para-hydroxylation sites is 1. The summed E-state index contributed by atoms with van der Waals surface area (Å²) in [5.41, 5.74) is 4.95. The minimum atomic E-state index is -0.440. The van der Waals surface area contributed by atoms with Crippen LogP contribution in [0.1, 0.15) is 28.6 Å². The fraction of sp³-hybridized carbons (Fsp3) is 0.103. The average Bonchev–Trinajstić information content (AvgIpc) is 3.32. The Morgan fingerprint density at radius 3 is 2.60 bits per heavy atom. The monoisotopic (exact) mass is 464 g/mol. The molecular formula is C29H24N2O4. The molecule has 0 unspecified atom stereocenters. The summed E-state index contributed by atoms with van der Waals surface area (Å²) in [6.45, 7) is 2.91. The number of carbonyl (C=O) groups excluding carboxylic acids is 1. The van der Waals surface area contributed by atoms with Gasteiger partial charge in [0.25, 0.3) is 0 Å². The lowest BCUT2D eigenvalue weighted by Gasteiger charge is -2.10. The van der Waals surface area contributed by atoms with Gasteiger partial charge in [0.15, 0.2) is 5.76 Å². The normalized spacial score (nSPS) is 11.2. The van der Waals surface area contributed by atoms with Gasteiger partial charge >= 0.3 is 5.91 Å². The van der Waals surface area contributed by atoms with Gasteiger partial charge in [0.2, 0.25) is 0 Å². The molecule has 0 saturated heterocycles. The highest BCUT2D eigenvalue weighted by Crippen LogP contribution is 2.24. The fourth-order valence-electron chi connectivity index (χ4n) is 3.81. The van der Waals surface area contributed by atoms with Gasteiger partial charge in [-0.05, 0) is 65.7 Å². The van der Waals surface area contributed by atoms with Crippen molar-refractivity contribution in [1.29, 1.82) is 0 Å². The van der Waals surface area contributed by atoms with Crippen molar-refractivity contribution in [2.24, 2.45) is 5.10 Å². The first-order chi connectivity index (χ1) is 17.2. The Labute approximate surface area is 202 Å². The van der Waals surface area contributed by atoms with E-state index < -0.39 is 5.91 Å². The van der Waals surface area contributed by atoms with Crippen molar-refractivity contribution in [3.05, 3.63) is 108 Å². The zero-order valence-electron chi connectivity index (χ0n) is 19.2. The first-order valence-corrected chi connectivity index (χ1v) is 11.4. The molecule has 1 heterocycles. The Hall–Kier alpha value is -4.58. The average molecular weight is 465 g/mol. The first-order valence-electron chi connectivity index (χ1n) is 11.4. The topological polar surface area (TPSA) is 73.1 Å². The molecule has 1 N–H and O–H groups in total. The number of ether oxygens (including phenoxy) is 2. The number of fused-ring (bicyclic) bond motifs is 2. The Morgan fingerprint density at radius 1 is 0.886 bits per heavy atom. The largest absolute Gasteiger partial charge is 0.494 e. The second-order valence-corrected chi connectivity index (χ2v) is 7.95. The van der Waals surface area contributed by atoms with Crippen LogP contribution >= 0.6 is 0 Å². The molecule has 5 rings (SSSR count). The quantitative estimate of drug-likeness (QED) is 0.215. The van der Waals surface area contributed by atoms with Crippen molar-refractivity contribution in [3.8, 4) is 11.5 Å². The van der Waals surface area contributed by atoms with Gasteiger partial charge < -0.3 is 13.9 Å². The number of amides is 1. The molecule has 0 aliphatic carbocycles. The number of nitrogens with one attached hydrogen (secondary N) is 1. The van der Waals surface area contributed by atoms with Gasteiger partial charge in [-0.3, -0.25) is 4.79 Å². The van der Waals surface area contributed by atoms with E-state index in [1.165, 1.54) is 10.8 Å². The van der Waals surface area contributed by atoms with Crippen molar-refractivity contribution in [3.63, 3.8) is 0 Å². The third-order valence-electron chi connectivity index (χ3n) is 5.52. The lowest BCUT2D eigenvalue weighted by atomic mass is 10.1. The van der Waals surface area contributed by atoms with Crippen LogP contribution < -0.4 is 14.9 Å². The van der Waals surface area contributed by atoms with Gasteiger partial charge in [0.1, 0.15) is 23.7 Å². The van der Waals surface area contributed by atoms with Crippen molar-refractivity contribution in [2.45, 2.75) is 13.5 Å². The van der Waals surface area contributed by atoms with Gasteiger partial charge in [-0.25, -0.2) is 5.43 Å². The summed E-state index contributed by atoms with van der Waals surface area (Å²) in [5.74, 6) is 1.13. The van der Waals surface area contributed by atoms with Crippen molar-refractivity contribution in [1.82, 2.24) is 5.43 Å². The molecule has 0 spiro atoms. The van der Waals surface area contributed by atoms with Gasteiger partial charge in [-0.15, -0.1) is 0 Å². The highest BCUT2D eigenvalue weighted by Gasteiger charge is 2.12. The van der Waals surface area contributed by atoms with Gasteiger partial charge in [-0.2, -0.15) is 5.10 Å². The van der Waals surface area contributed by atoms with Gasteiger partial charge in [0, 0.05) is 10.9 Å². The SMILES string of the molecule is CCOc1ccc2oc(C(=O)N/N=C/c3ccccc3OCc3ccc4ccccc4c3)cc2c1. The van der Waals surface area contributed by atoms with E-state index in [9.17, 15) is 4.79 Å². The maximum atomic E-state index is 12.5. The van der Waals surface area contributed by atoms with Crippen LogP contribution in [0.2, 0.25) is 0 Å². The van der Waals surface area contributed by atoms with Crippen LogP contribution in [-0.2, 0) is 6.61 Å². The Kier molecular flexibility index (Phi) is 6.44. The Morgan fingerprint density at radius 2 is 1.71 bits per heavy atom. The Balaban J connectivity index is 1.24. The number of hydrogen-bond acceptors (Lipinski definition) is 5. The van der Waals surface area contributed by atoms with E-state index in [-0.39, 0.29) is 5.76 Å². The third kappa shape index (κ3) is 5.17. The van der Waals surface area contributed by atoms with E-state index in [1.54, 1.807) is 18.3 Å². The lowest BCUT2D eigenvalue weighted by molar-refractivity contribution is 0.0929. The molecular weight excluding hydrogens is 440 g/mol. The van der Waals surface area contributed by atoms with Crippen molar-refractivity contribution in [2.75, 3.05) is 6.61 Å². The molecule has 5 aromatic rings. The van der Waals surface area contributed by atoms with Crippen LogP contribution in [0.25, 0.3) is 21.7 Å². The smallest absolute Gasteiger partial charge is 0.307 e. The summed E-state index contributed by atoms with van der Waals surface area (Å²) in [6, 6.07) is 29.1. The summed E-state index contributed by atoms with van der Waals surface area (Å²) in [4.78, 5) is 12.5. The van der Waals surface area contributed by atoms with E-state index in [4.69, 9.17) is 13.9 Å². The first kappa shape index (κ1) is 22.2. The zero-order chi connectivity index (χ0) is 24.0. The number of benzene rings is 4. The summed E-state index contributed by atoms with van der Waals surface area (Å²) in [5, 5.41) is 7.26. The van der Waals surface area contributed by atoms with Gasteiger partial charge in [-0.1, -0.05) is 48.5 Å². The van der Waals surface area contributed by atoms with E-state index in [1.807, 2.05) is 55.5 Å². The number of carbonyl (C=O) groups is 1. The molecule has 0 bridgehead atoms. The molecule has 0 atom stereocenters. The highest BCUT2D eigenvalue weighted by atomic mass is 16.5. The van der Waals surface area contributed by atoms with Crippen LogP contribution in [0.15, 0.2) is 101 Å². The van der Waals surface area contributed by atoms with E-state index >= 15 is 0 Å². The number of furan rings is 1. The molecule has 0 fully saturated rings. The van der Waals surface area contributed by atoms with Crippen LogP contribution in [-0.4, -0.2) is 18.7 Å². The molecule has 4 aromatic carbocycles. The van der Waals surface area contributed by atoms with Crippen LogP contribution in [0.4, 0.5) is 0 Å². The second-order valence-electron chi connectivity index (χ2n) is 7.95. The minimum Gasteiger partial charge on any atom is -0.494 e. The van der Waals surface area contributed by atoms with Crippen molar-refractivity contribution < 1.29 is 18.7 Å². The standard InChI is InChI=1S/C29H24N2O4/c1-2-33-25-13-14-27-24(16-25)17-28(35-27)29(32)31-30-18-23-9-5-6-10-26(23)34-19-20-11-12-21-7-3-4-8-22(21)15-20/h3-18H,2,19H2,1H3,(H,31,32)/b30-18+. The second kappa shape index (κ2) is 10.1. The van der Waals surface area contributed by atoms with E-state index in [0.717, 1.165) is 22.3 Å². The molecule has 0 saturated carbocycles. The maximum Gasteiger partial charge on any atom is 0.307 e. The molecule has 1 aromatic heterocycles. The zero-order valence-corrected chi connectivity index (χ0v) is 19.2. The lowest BCUT2D eigenvalue weighted by Crippen LogP contribution is -2.16. The number of rotatable bonds is 8. The number of hydrazone groups is 1. The van der Waals surface area contributed by atoms with Crippen LogP contribution in [0.5, 0.6) is 11.5 Å². The van der Waals surface area contributed by atoms with Crippen LogP contribution in [0.3, 0.4) is 0 Å². The van der Waals surface area contributed by atoms with Gasteiger partial charge in [0.05, 0.1) is 12.8 Å². The molecule has 6 heteroatoms. The minimum absolute atomic E-state index is 0.173. The van der Waals surface area contributed by atoms with E-state index in [2.05, 4.69) is 40.9 Å². The summed E-state index contributed by atoms with van der Waals surface area (Å²) >= 11 is 0. The molecule has 174 valence electrons. The Bertz CT molecular complexity index is 1520.